The Morgan fingerprint density at radius 1 is 0.818 bits per heavy atom. The van der Waals surface area contributed by atoms with Crippen molar-refractivity contribution in [2.24, 2.45) is 0 Å². The van der Waals surface area contributed by atoms with Gasteiger partial charge in [0.25, 0.3) is 0 Å². The Morgan fingerprint density at radius 3 is 0.909 bits per heavy atom. The molecular weight excluding hydrogens is 258 g/mol. The molecule has 0 aliphatic heterocycles. The van der Waals surface area contributed by atoms with Crippen LogP contribution in [-0.4, -0.2) is 0 Å². The summed E-state index contributed by atoms with van der Waals surface area (Å²) in [7, 11) is 0. The molecule has 2 radical (unpaired) electrons. The van der Waals surface area contributed by atoms with E-state index in [1.807, 2.05) is 0 Å². The first-order valence-electron chi connectivity index (χ1n) is 3.41. The van der Waals surface area contributed by atoms with Crippen LogP contribution in [0.2, 0.25) is 0 Å². The van der Waals surface area contributed by atoms with Crippen molar-refractivity contribution < 1.29 is 51.0 Å². The van der Waals surface area contributed by atoms with Crippen molar-refractivity contribution in [3.05, 3.63) is 13.8 Å². The molecule has 3 heteroatoms. The zero-order chi connectivity index (χ0) is 6.83. The van der Waals surface area contributed by atoms with Gasteiger partial charge < -0.3 is 24.8 Å². The van der Waals surface area contributed by atoms with Crippen LogP contribution in [0.4, 0.5) is 0 Å². The van der Waals surface area contributed by atoms with Gasteiger partial charge in [-0.05, 0) is 0 Å². The van der Waals surface area contributed by atoms with Crippen molar-refractivity contribution >= 4 is 0 Å². The van der Waals surface area contributed by atoms with E-state index in [9.17, 15) is 0 Å². The fraction of sp³-hybridized carbons (Fsp3) is 0.750. The first-order valence-corrected chi connectivity index (χ1v) is 3.41. The molecule has 0 fully saturated rings. The fourth-order valence-electron chi connectivity index (χ4n) is 0. The van der Waals surface area contributed by atoms with Crippen LogP contribution in [0.25, 0.3) is 0 Å². The Hall–Kier alpha value is 1.46. The third kappa shape index (κ3) is 85.6. The minimum absolute atomic E-state index is 0. The third-order valence-corrected chi connectivity index (χ3v) is 0.707. The molecule has 0 nitrogen and oxygen atoms in total. The van der Waals surface area contributed by atoms with Crippen LogP contribution in [0.3, 0.4) is 0 Å². The summed E-state index contributed by atoms with van der Waals surface area (Å²) >= 11 is 0. The topological polar surface area (TPSA) is 0 Å². The number of hydrogen-bond acceptors (Lipinski definition) is 0. The van der Waals surface area contributed by atoms with Crippen molar-refractivity contribution in [2.75, 3.05) is 0 Å². The predicted molar refractivity (Wildman–Crippen MR) is 40.5 cm³/mol. The second-order valence-corrected chi connectivity index (χ2v) is 1.71. The summed E-state index contributed by atoms with van der Waals surface area (Å²) in [6.45, 7) is 11.4. The fourth-order valence-corrected chi connectivity index (χ4v) is 0. The third-order valence-electron chi connectivity index (χ3n) is 0.707. The number of unbranched alkanes of at least 4 members (excludes halogenated alkanes) is 2. The Morgan fingerprint density at radius 2 is 0.909 bits per heavy atom. The molecule has 0 aliphatic rings. The standard InChI is InChI=1S/2C4H9.2ClH.Zr/c2*1-3-4-2;;;/h2*1,3-4H2,2H3;2*1H;/q;;;;+2/p-2. The van der Waals surface area contributed by atoms with Crippen molar-refractivity contribution in [2.45, 2.75) is 39.5 Å². The number of rotatable bonds is 2. The zero-order valence-electron chi connectivity index (χ0n) is 7.50. The summed E-state index contributed by atoms with van der Waals surface area (Å²) in [5.74, 6) is 0. The van der Waals surface area contributed by atoms with Crippen molar-refractivity contribution in [1.82, 2.24) is 0 Å². The monoisotopic (exact) mass is 274 g/mol. The van der Waals surface area contributed by atoms with Crippen LogP contribution in [0.5, 0.6) is 0 Å². The van der Waals surface area contributed by atoms with Gasteiger partial charge in [0.05, 0.1) is 0 Å². The van der Waals surface area contributed by atoms with Crippen molar-refractivity contribution in [3.63, 3.8) is 0 Å². The Balaban J connectivity index is -0.0000000171. The van der Waals surface area contributed by atoms with Crippen molar-refractivity contribution in [3.8, 4) is 0 Å². The van der Waals surface area contributed by atoms with E-state index in [-0.39, 0.29) is 51.0 Å². The molecule has 0 aliphatic carbocycles. The molecule has 0 saturated carbocycles. The van der Waals surface area contributed by atoms with Crippen LogP contribution in [-0.2, 0) is 26.2 Å². The van der Waals surface area contributed by atoms with Gasteiger partial charge in [0.15, 0.2) is 0 Å². The van der Waals surface area contributed by atoms with E-state index in [0.29, 0.717) is 0 Å². The van der Waals surface area contributed by atoms with Gasteiger partial charge in [-0.1, -0.05) is 53.4 Å². The van der Waals surface area contributed by atoms with E-state index in [2.05, 4.69) is 27.7 Å². The normalized spacial score (nSPS) is 5.45. The molecule has 0 aromatic carbocycles. The molecule has 68 valence electrons. The van der Waals surface area contributed by atoms with Gasteiger partial charge in [0.1, 0.15) is 0 Å². The molecular formula is C8H18Cl2Zr. The SMILES string of the molecule is [CH2]CCC.[CH2]CCC.[Cl-].[Cl-].[Zr+2]. The smallest absolute Gasteiger partial charge is 1.00 e. The van der Waals surface area contributed by atoms with E-state index >= 15 is 0 Å². The average molecular weight is 276 g/mol. The maximum atomic E-state index is 3.60. The van der Waals surface area contributed by atoms with E-state index in [1.54, 1.807) is 0 Å². The summed E-state index contributed by atoms with van der Waals surface area (Å²) in [5, 5.41) is 0. The molecule has 0 atom stereocenters. The molecule has 11 heavy (non-hydrogen) atoms. The Bertz CT molecular complexity index is 20.1. The second-order valence-electron chi connectivity index (χ2n) is 1.71. The quantitative estimate of drug-likeness (QED) is 0.513. The molecule has 0 heterocycles. The van der Waals surface area contributed by atoms with Crippen LogP contribution in [0.15, 0.2) is 0 Å². The van der Waals surface area contributed by atoms with Crippen LogP contribution in [0.1, 0.15) is 39.5 Å². The van der Waals surface area contributed by atoms with E-state index in [1.165, 1.54) is 12.8 Å². The van der Waals surface area contributed by atoms with E-state index in [4.69, 9.17) is 0 Å². The van der Waals surface area contributed by atoms with Crippen LogP contribution in [0, 0.1) is 13.8 Å². The molecule has 0 aromatic rings. The van der Waals surface area contributed by atoms with Gasteiger partial charge in [0.2, 0.25) is 0 Å². The number of hydrogen-bond donors (Lipinski definition) is 0. The molecule has 0 spiro atoms. The summed E-state index contributed by atoms with van der Waals surface area (Å²) in [5.41, 5.74) is 0. The van der Waals surface area contributed by atoms with Crippen molar-refractivity contribution in [1.29, 1.82) is 0 Å². The summed E-state index contributed by atoms with van der Waals surface area (Å²) < 4.78 is 0. The first-order chi connectivity index (χ1) is 3.83. The minimum atomic E-state index is 0. The molecule has 0 unspecified atom stereocenters. The van der Waals surface area contributed by atoms with Gasteiger partial charge in [-0.15, -0.1) is 0 Å². The summed E-state index contributed by atoms with van der Waals surface area (Å²) in [6, 6.07) is 0. The number of halogens is 2. The second kappa shape index (κ2) is 42.0. The van der Waals surface area contributed by atoms with E-state index in [0.717, 1.165) is 12.8 Å². The largest absolute Gasteiger partial charge is 2.00 e. The molecule has 0 aromatic heterocycles. The Labute approximate surface area is 104 Å². The zero-order valence-corrected chi connectivity index (χ0v) is 11.5. The van der Waals surface area contributed by atoms with Gasteiger partial charge in [-0.3, -0.25) is 0 Å². The van der Waals surface area contributed by atoms with Crippen LogP contribution >= 0.6 is 0 Å². The van der Waals surface area contributed by atoms with Crippen LogP contribution < -0.4 is 24.8 Å². The summed E-state index contributed by atoms with van der Waals surface area (Å²) in [6.07, 6.45) is 4.56. The molecule has 0 rings (SSSR count). The maximum Gasteiger partial charge on any atom is 2.00 e. The molecule has 0 bridgehead atoms. The predicted octanol–water partition coefficient (Wildman–Crippen LogP) is -2.75. The summed E-state index contributed by atoms with van der Waals surface area (Å²) in [4.78, 5) is 0. The maximum absolute atomic E-state index is 3.60. The molecule has 0 N–H and O–H groups in total. The molecule has 0 amide bonds. The van der Waals surface area contributed by atoms with Gasteiger partial charge in [-0.2, -0.15) is 0 Å². The average Bonchev–Trinajstić information content (AvgIpc) is 1.88. The van der Waals surface area contributed by atoms with Gasteiger partial charge in [0, 0.05) is 0 Å². The van der Waals surface area contributed by atoms with Gasteiger partial charge >= 0.3 is 26.2 Å². The molecule has 0 saturated heterocycles. The van der Waals surface area contributed by atoms with Gasteiger partial charge in [-0.25, -0.2) is 0 Å². The minimum Gasteiger partial charge on any atom is -1.00 e. The first kappa shape index (κ1) is 29.4. The Kier molecular flexibility index (Phi) is 112. The van der Waals surface area contributed by atoms with E-state index < -0.39 is 0 Å².